The number of benzene rings is 4. The second kappa shape index (κ2) is 17.0. The van der Waals surface area contributed by atoms with Crippen molar-refractivity contribution in [3.05, 3.63) is 119 Å². The van der Waals surface area contributed by atoms with Crippen molar-refractivity contribution in [3.63, 3.8) is 0 Å². The molecule has 272 valence electrons. The zero-order valence-corrected chi connectivity index (χ0v) is 30.0. The molecule has 10 heteroatoms. The standard InChI is InChI=1S/C42H46N2O8/c1-5-23-43(25-29-11-19-33(20-12-29)51-31-15-7-27(3)8-16-31)39(45)35-36(38(42(49)50)37(35)41(47)48)40(46)44(24-6-2)26-30-13-21-34(22-14-30)52-32-17-9-28(4)10-18-32/h7-22,35-38H,5-6,23-26H2,1-4H3,(H,47,48)(H,49,50). The van der Waals surface area contributed by atoms with Crippen LogP contribution in [0.5, 0.6) is 23.0 Å². The van der Waals surface area contributed by atoms with Gasteiger partial charge < -0.3 is 29.5 Å². The minimum atomic E-state index is -1.54. The molecule has 1 saturated carbocycles. The van der Waals surface area contributed by atoms with E-state index in [2.05, 4.69) is 0 Å². The Morgan fingerprint density at radius 2 is 0.788 bits per heavy atom. The first-order valence-corrected chi connectivity index (χ1v) is 17.7. The number of hydrogen-bond acceptors (Lipinski definition) is 6. The number of ether oxygens (including phenoxy) is 2. The molecular formula is C42H46N2O8. The molecule has 0 saturated heterocycles. The van der Waals surface area contributed by atoms with Crippen molar-refractivity contribution in [1.29, 1.82) is 0 Å². The van der Waals surface area contributed by atoms with Gasteiger partial charge in [-0.25, -0.2) is 0 Å². The summed E-state index contributed by atoms with van der Waals surface area (Å²) in [5.41, 5.74) is 3.80. The Morgan fingerprint density at radius 1 is 0.500 bits per heavy atom. The number of nitrogens with zero attached hydrogens (tertiary/aromatic N) is 2. The highest BCUT2D eigenvalue weighted by Crippen LogP contribution is 2.49. The van der Waals surface area contributed by atoms with Crippen LogP contribution in [0.4, 0.5) is 0 Å². The molecular weight excluding hydrogens is 660 g/mol. The molecule has 2 amide bonds. The molecule has 1 aliphatic rings. The average molecular weight is 707 g/mol. The van der Waals surface area contributed by atoms with Gasteiger partial charge >= 0.3 is 11.9 Å². The van der Waals surface area contributed by atoms with E-state index in [0.717, 1.165) is 22.3 Å². The maximum atomic E-state index is 14.3. The van der Waals surface area contributed by atoms with E-state index in [9.17, 15) is 29.4 Å². The molecule has 0 aromatic heterocycles. The fourth-order valence-electron chi connectivity index (χ4n) is 6.72. The highest BCUT2D eigenvalue weighted by molar-refractivity contribution is 5.99. The monoisotopic (exact) mass is 706 g/mol. The van der Waals surface area contributed by atoms with Crippen LogP contribution in [0.25, 0.3) is 0 Å². The number of amides is 2. The number of carboxylic acids is 2. The van der Waals surface area contributed by atoms with E-state index in [4.69, 9.17) is 9.47 Å². The largest absolute Gasteiger partial charge is 0.481 e. The molecule has 10 nitrogen and oxygen atoms in total. The summed E-state index contributed by atoms with van der Waals surface area (Å²) >= 11 is 0. The number of carbonyl (C=O) groups is 4. The minimum Gasteiger partial charge on any atom is -0.481 e. The number of aryl methyl sites for hydroxylation is 2. The fraction of sp³-hybridized carbons (Fsp3) is 0.333. The van der Waals surface area contributed by atoms with E-state index < -0.39 is 47.4 Å². The maximum absolute atomic E-state index is 14.3. The second-order valence-electron chi connectivity index (χ2n) is 13.4. The van der Waals surface area contributed by atoms with E-state index in [0.29, 0.717) is 48.9 Å². The summed E-state index contributed by atoms with van der Waals surface area (Å²) in [6.45, 7) is 8.72. The molecule has 5 rings (SSSR count). The lowest BCUT2D eigenvalue weighted by Gasteiger charge is -2.48. The molecule has 4 unspecified atom stereocenters. The van der Waals surface area contributed by atoms with Crippen molar-refractivity contribution in [2.45, 2.75) is 53.6 Å². The van der Waals surface area contributed by atoms with Gasteiger partial charge in [-0.05, 0) is 86.3 Å². The lowest BCUT2D eigenvalue weighted by molar-refractivity contribution is -0.187. The van der Waals surface area contributed by atoms with Crippen molar-refractivity contribution >= 4 is 23.8 Å². The van der Waals surface area contributed by atoms with E-state index >= 15 is 0 Å². The van der Waals surface area contributed by atoms with Crippen LogP contribution in [0.3, 0.4) is 0 Å². The quantitative estimate of drug-likeness (QED) is 0.121. The van der Waals surface area contributed by atoms with E-state index in [1.807, 2.05) is 100 Å². The Morgan fingerprint density at radius 3 is 1.06 bits per heavy atom. The summed E-state index contributed by atoms with van der Waals surface area (Å²) in [5, 5.41) is 20.4. The second-order valence-corrected chi connectivity index (χ2v) is 13.4. The summed E-state index contributed by atoms with van der Waals surface area (Å²) < 4.78 is 11.9. The lowest BCUT2D eigenvalue weighted by atomic mass is 9.55. The third-order valence-corrected chi connectivity index (χ3v) is 9.41. The van der Waals surface area contributed by atoms with Crippen LogP contribution in [0, 0.1) is 37.5 Å². The molecule has 4 aromatic rings. The third-order valence-electron chi connectivity index (χ3n) is 9.41. The predicted octanol–water partition coefficient (Wildman–Crippen LogP) is 7.71. The van der Waals surface area contributed by atoms with E-state index in [1.54, 1.807) is 24.3 Å². The Balaban J connectivity index is 1.34. The number of aliphatic carboxylic acids is 2. The van der Waals surface area contributed by atoms with Crippen molar-refractivity contribution in [1.82, 2.24) is 9.80 Å². The van der Waals surface area contributed by atoms with Crippen LogP contribution in [0.15, 0.2) is 97.1 Å². The highest BCUT2D eigenvalue weighted by Gasteiger charge is 2.64. The van der Waals surface area contributed by atoms with Gasteiger partial charge in [0, 0.05) is 26.2 Å². The predicted molar refractivity (Wildman–Crippen MR) is 196 cm³/mol. The molecule has 4 aromatic carbocycles. The SMILES string of the molecule is CCCN(Cc1ccc(Oc2ccc(C)cc2)cc1)C(=O)C1C(C(=O)O)C(C(=O)O)C1C(=O)N(CCC)Cc1ccc(Oc2ccc(C)cc2)cc1. The fourth-order valence-corrected chi connectivity index (χ4v) is 6.72. The average Bonchev–Trinajstić information content (AvgIpc) is 3.10. The van der Waals surface area contributed by atoms with Crippen LogP contribution in [-0.2, 0) is 32.3 Å². The highest BCUT2D eigenvalue weighted by atomic mass is 16.5. The van der Waals surface area contributed by atoms with E-state index in [1.165, 1.54) is 9.80 Å². The van der Waals surface area contributed by atoms with Crippen LogP contribution in [0.1, 0.15) is 48.9 Å². The van der Waals surface area contributed by atoms with Gasteiger partial charge in [0.15, 0.2) is 0 Å². The van der Waals surface area contributed by atoms with Crippen molar-refractivity contribution < 1.29 is 38.9 Å². The molecule has 1 fully saturated rings. The zero-order chi connectivity index (χ0) is 37.4. The van der Waals surface area contributed by atoms with Gasteiger partial charge in [-0.1, -0.05) is 73.5 Å². The van der Waals surface area contributed by atoms with Crippen molar-refractivity contribution in [3.8, 4) is 23.0 Å². The number of hydrogen-bond donors (Lipinski definition) is 2. The first-order chi connectivity index (χ1) is 25.0. The van der Waals surface area contributed by atoms with Gasteiger partial charge in [0.2, 0.25) is 11.8 Å². The Labute approximate surface area is 304 Å². The van der Waals surface area contributed by atoms with Gasteiger partial charge in [0.05, 0.1) is 23.7 Å². The molecule has 52 heavy (non-hydrogen) atoms. The topological polar surface area (TPSA) is 134 Å². The number of rotatable bonds is 16. The lowest BCUT2D eigenvalue weighted by Crippen LogP contribution is -2.64. The van der Waals surface area contributed by atoms with Crippen LogP contribution >= 0.6 is 0 Å². The number of carbonyl (C=O) groups excluding carboxylic acids is 2. The molecule has 2 N–H and O–H groups in total. The smallest absolute Gasteiger partial charge is 0.308 e. The Bertz CT molecular complexity index is 1700. The summed E-state index contributed by atoms with van der Waals surface area (Å²) in [6.07, 6.45) is 1.16. The third kappa shape index (κ3) is 8.98. The van der Waals surface area contributed by atoms with Gasteiger partial charge in [0.1, 0.15) is 23.0 Å². The summed E-state index contributed by atoms with van der Waals surface area (Å²) in [5.74, 6) is -7.01. The molecule has 0 spiro atoms. The first kappa shape index (κ1) is 37.6. The molecule has 0 heterocycles. The Kier molecular flexibility index (Phi) is 12.3. The first-order valence-electron chi connectivity index (χ1n) is 17.7. The molecule has 4 atom stereocenters. The van der Waals surface area contributed by atoms with Crippen LogP contribution in [0.2, 0.25) is 0 Å². The molecule has 0 radical (unpaired) electrons. The molecule has 1 aliphatic carbocycles. The van der Waals surface area contributed by atoms with Gasteiger partial charge in [-0.2, -0.15) is 0 Å². The number of carboxylic acid groups (broad SMARTS) is 2. The zero-order valence-electron chi connectivity index (χ0n) is 30.0. The minimum absolute atomic E-state index is 0.161. The Hall–Kier alpha value is -5.64. The van der Waals surface area contributed by atoms with Crippen LogP contribution < -0.4 is 9.47 Å². The van der Waals surface area contributed by atoms with Crippen molar-refractivity contribution in [2.75, 3.05) is 13.1 Å². The van der Waals surface area contributed by atoms with Crippen LogP contribution in [-0.4, -0.2) is 56.9 Å². The normalized spacial score (nSPS) is 17.8. The molecule has 0 aliphatic heterocycles. The summed E-state index contributed by atoms with van der Waals surface area (Å²) in [7, 11) is 0. The summed E-state index contributed by atoms with van der Waals surface area (Å²) in [4.78, 5) is 56.6. The van der Waals surface area contributed by atoms with Crippen molar-refractivity contribution in [2.24, 2.45) is 23.7 Å². The van der Waals surface area contributed by atoms with Gasteiger partial charge in [-0.3, -0.25) is 19.2 Å². The van der Waals surface area contributed by atoms with Gasteiger partial charge in [-0.15, -0.1) is 0 Å². The van der Waals surface area contributed by atoms with E-state index in [-0.39, 0.29) is 13.1 Å². The molecule has 0 bridgehead atoms. The van der Waals surface area contributed by atoms with Gasteiger partial charge in [0.25, 0.3) is 0 Å². The maximum Gasteiger partial charge on any atom is 0.308 e. The summed E-state index contributed by atoms with van der Waals surface area (Å²) in [6, 6.07) is 29.8.